The van der Waals surface area contributed by atoms with Crippen LogP contribution in [-0.4, -0.2) is 88.6 Å². The number of fused-ring (bicyclic) bond motifs is 3. The number of aromatic nitrogens is 3. The van der Waals surface area contributed by atoms with E-state index in [1.807, 2.05) is 19.1 Å². The number of nitrogens with two attached hydrogens (primary N) is 1. The molecule has 50 heavy (non-hydrogen) atoms. The average Bonchev–Trinajstić information content (AvgIpc) is 3.69. The second-order valence-electron chi connectivity index (χ2n) is 12.7. The second-order valence-corrected chi connectivity index (χ2v) is 12.7. The van der Waals surface area contributed by atoms with Gasteiger partial charge >= 0.3 is 5.97 Å². The first-order valence-corrected chi connectivity index (χ1v) is 16.1. The van der Waals surface area contributed by atoms with Crippen molar-refractivity contribution in [2.45, 2.75) is 43.6 Å². The van der Waals surface area contributed by atoms with Crippen LogP contribution in [0.25, 0.3) is 33.2 Å². The standard InChI is InChI=1S/C35H32F2N6O7/c1-18-35(16-47-17-35)48-10-9-42(18)24-12-21(19-5-4-6-20(11-19)30(38)44)14-39-33(24)49-22-13-25(34(45)46)43(15-22)32-28-27(40-31(41-32)29(36)37)23-7-2-3-8-26(23)50-28/h2-8,11-12,14,18,22,25,29H,9-10,13,15-17H2,1H3,(H2,38,44)(H,45,46)/t18-,22-,25-/m0/s1. The minimum Gasteiger partial charge on any atom is -0.480 e. The van der Waals surface area contributed by atoms with Crippen LogP contribution in [0.3, 0.4) is 0 Å². The zero-order chi connectivity index (χ0) is 34.7. The summed E-state index contributed by atoms with van der Waals surface area (Å²) in [4.78, 5) is 41.0. The summed E-state index contributed by atoms with van der Waals surface area (Å²) in [6.07, 6.45) is -2.11. The summed E-state index contributed by atoms with van der Waals surface area (Å²) in [5.41, 5.74) is 8.14. The molecule has 1 spiro atoms. The number of carboxylic acid groups (broad SMARTS) is 1. The SMILES string of the molecule is C[C@@H]1N(c2cc(-c3cccc(C(N)=O)c3)cnc2O[C@H]2C[C@@H](C(=O)O)N(c3nc(C(F)F)nc4c3oc3ccccc34)C2)CCOC12COC2. The summed E-state index contributed by atoms with van der Waals surface area (Å²) < 4.78 is 52.4. The van der Waals surface area contributed by atoms with Gasteiger partial charge in [0.2, 0.25) is 11.8 Å². The van der Waals surface area contributed by atoms with Crippen molar-refractivity contribution < 1.29 is 42.1 Å². The molecule has 0 saturated carbocycles. The molecule has 13 nitrogen and oxygen atoms in total. The van der Waals surface area contributed by atoms with Gasteiger partial charge in [0.15, 0.2) is 17.2 Å². The molecule has 0 unspecified atom stereocenters. The van der Waals surface area contributed by atoms with E-state index in [2.05, 4.69) is 14.9 Å². The van der Waals surface area contributed by atoms with Crippen molar-refractivity contribution in [1.29, 1.82) is 0 Å². The third-order valence-corrected chi connectivity index (χ3v) is 9.78. The molecular formula is C35H32F2N6O7. The number of para-hydroxylation sites is 1. The van der Waals surface area contributed by atoms with Gasteiger partial charge < -0.3 is 39.3 Å². The van der Waals surface area contributed by atoms with Crippen molar-refractivity contribution in [3.63, 3.8) is 0 Å². The Morgan fingerprint density at radius 3 is 2.64 bits per heavy atom. The number of morpholine rings is 1. The fourth-order valence-corrected chi connectivity index (χ4v) is 7.04. The number of halogens is 2. The van der Waals surface area contributed by atoms with E-state index in [0.29, 0.717) is 54.1 Å². The molecule has 15 heteroatoms. The number of nitrogens with zero attached hydrogens (tertiary/aromatic N) is 5. The van der Waals surface area contributed by atoms with E-state index in [1.54, 1.807) is 48.7 Å². The molecule has 3 atom stereocenters. The Balaban J connectivity index is 1.18. The Morgan fingerprint density at radius 1 is 1.08 bits per heavy atom. The predicted octanol–water partition coefficient (Wildman–Crippen LogP) is 4.58. The molecule has 8 rings (SSSR count). The Bertz CT molecular complexity index is 2140. The second kappa shape index (κ2) is 12.2. The van der Waals surface area contributed by atoms with E-state index in [9.17, 15) is 23.5 Å². The zero-order valence-corrected chi connectivity index (χ0v) is 26.8. The van der Waals surface area contributed by atoms with Crippen molar-refractivity contribution in [3.05, 3.63) is 72.2 Å². The molecule has 2 aromatic carbocycles. The largest absolute Gasteiger partial charge is 0.480 e. The number of primary amides is 1. The fraction of sp³-hybridized carbons (Fsp3) is 0.343. The lowest BCUT2D eigenvalue weighted by Crippen LogP contribution is -2.68. The fourth-order valence-electron chi connectivity index (χ4n) is 7.04. The number of benzene rings is 2. The predicted molar refractivity (Wildman–Crippen MR) is 177 cm³/mol. The van der Waals surface area contributed by atoms with E-state index in [-0.39, 0.29) is 41.8 Å². The number of rotatable bonds is 8. The van der Waals surface area contributed by atoms with Gasteiger partial charge in [-0.1, -0.05) is 24.3 Å². The van der Waals surface area contributed by atoms with Gasteiger partial charge in [0.05, 0.1) is 32.4 Å². The van der Waals surface area contributed by atoms with Gasteiger partial charge in [0.25, 0.3) is 6.43 Å². The van der Waals surface area contributed by atoms with Crippen LogP contribution in [0.1, 0.15) is 36.0 Å². The third-order valence-electron chi connectivity index (χ3n) is 9.78. The number of carboxylic acids is 1. The lowest BCUT2D eigenvalue weighted by Gasteiger charge is -2.53. The van der Waals surface area contributed by atoms with Crippen molar-refractivity contribution in [3.8, 4) is 17.0 Å². The van der Waals surface area contributed by atoms with E-state index in [0.717, 1.165) is 5.56 Å². The zero-order valence-electron chi connectivity index (χ0n) is 26.8. The molecule has 3 fully saturated rings. The maximum absolute atomic E-state index is 14.1. The van der Waals surface area contributed by atoms with Gasteiger partial charge in [0, 0.05) is 35.7 Å². The van der Waals surface area contributed by atoms with Gasteiger partial charge in [0.1, 0.15) is 34.5 Å². The van der Waals surface area contributed by atoms with Crippen LogP contribution < -0.4 is 20.3 Å². The Hall–Kier alpha value is -5.41. The smallest absolute Gasteiger partial charge is 0.326 e. The summed E-state index contributed by atoms with van der Waals surface area (Å²) >= 11 is 0. The highest BCUT2D eigenvalue weighted by Crippen LogP contribution is 2.42. The van der Waals surface area contributed by atoms with Crippen LogP contribution in [0, 0.1) is 0 Å². The van der Waals surface area contributed by atoms with Gasteiger partial charge in [-0.25, -0.2) is 28.5 Å². The summed E-state index contributed by atoms with van der Waals surface area (Å²) in [6.45, 7) is 3.84. The molecule has 0 radical (unpaired) electrons. The maximum atomic E-state index is 14.1. The summed E-state index contributed by atoms with van der Waals surface area (Å²) in [5, 5.41) is 10.8. The van der Waals surface area contributed by atoms with E-state index in [4.69, 9.17) is 29.3 Å². The summed E-state index contributed by atoms with van der Waals surface area (Å²) in [7, 11) is 0. The average molecular weight is 687 g/mol. The molecule has 3 aliphatic heterocycles. The Kier molecular flexibility index (Phi) is 7.75. The highest BCUT2D eigenvalue weighted by atomic mass is 19.3. The van der Waals surface area contributed by atoms with Crippen LogP contribution in [0.2, 0.25) is 0 Å². The number of aliphatic carboxylic acids is 1. The van der Waals surface area contributed by atoms with Crippen molar-refractivity contribution in [2.75, 3.05) is 42.7 Å². The number of anilines is 2. The number of carbonyl (C=O) groups excluding carboxylic acids is 1. The first-order chi connectivity index (χ1) is 24.1. The van der Waals surface area contributed by atoms with Crippen molar-refractivity contribution >= 4 is 45.5 Å². The summed E-state index contributed by atoms with van der Waals surface area (Å²) in [5.74, 6) is -2.26. The van der Waals surface area contributed by atoms with Crippen LogP contribution in [0.4, 0.5) is 20.3 Å². The number of alkyl halides is 2. The lowest BCUT2D eigenvalue weighted by atomic mass is 9.90. The van der Waals surface area contributed by atoms with Crippen LogP contribution in [-0.2, 0) is 14.3 Å². The molecule has 3 aliphatic rings. The molecule has 3 aromatic heterocycles. The van der Waals surface area contributed by atoms with E-state index < -0.39 is 41.9 Å². The maximum Gasteiger partial charge on any atom is 0.326 e. The molecule has 5 aromatic rings. The number of pyridine rings is 1. The van der Waals surface area contributed by atoms with Crippen molar-refractivity contribution in [2.24, 2.45) is 5.73 Å². The first kappa shape index (κ1) is 31.8. The highest BCUT2D eigenvalue weighted by Gasteiger charge is 2.50. The van der Waals surface area contributed by atoms with Gasteiger partial charge in [-0.3, -0.25) is 4.79 Å². The minimum atomic E-state index is -3.00. The highest BCUT2D eigenvalue weighted by molar-refractivity contribution is 6.06. The number of hydrogen-bond donors (Lipinski definition) is 2. The van der Waals surface area contributed by atoms with E-state index in [1.165, 1.54) is 4.90 Å². The number of carbonyl (C=O) groups is 2. The Labute approximate surface area is 283 Å². The first-order valence-electron chi connectivity index (χ1n) is 16.1. The lowest BCUT2D eigenvalue weighted by molar-refractivity contribution is -0.228. The monoisotopic (exact) mass is 686 g/mol. The molecule has 0 aliphatic carbocycles. The Morgan fingerprint density at radius 2 is 1.90 bits per heavy atom. The van der Waals surface area contributed by atoms with Gasteiger partial charge in [-0.2, -0.15) is 0 Å². The number of hydrogen-bond acceptors (Lipinski definition) is 11. The summed E-state index contributed by atoms with van der Waals surface area (Å²) in [6, 6.07) is 14.4. The van der Waals surface area contributed by atoms with Crippen LogP contribution in [0.15, 0.2) is 65.2 Å². The molecule has 3 N–H and O–H groups in total. The number of ether oxygens (including phenoxy) is 3. The minimum absolute atomic E-state index is 0.00500. The van der Waals surface area contributed by atoms with Crippen molar-refractivity contribution in [1.82, 2.24) is 15.0 Å². The molecule has 3 saturated heterocycles. The molecule has 0 bridgehead atoms. The van der Waals surface area contributed by atoms with Crippen LogP contribution >= 0.6 is 0 Å². The van der Waals surface area contributed by atoms with Gasteiger partial charge in [-0.05, 0) is 42.8 Å². The normalized spacial score (nSPS) is 21.6. The third kappa shape index (κ3) is 5.33. The quantitative estimate of drug-likeness (QED) is 0.234. The van der Waals surface area contributed by atoms with E-state index >= 15 is 0 Å². The molecular weight excluding hydrogens is 654 g/mol. The number of amides is 1. The molecule has 6 heterocycles. The molecule has 258 valence electrons. The molecule has 1 amide bonds. The number of furan rings is 1. The topological polar surface area (TPSA) is 166 Å². The van der Waals surface area contributed by atoms with Crippen LogP contribution in [0.5, 0.6) is 5.88 Å². The van der Waals surface area contributed by atoms with Gasteiger partial charge in [-0.15, -0.1) is 0 Å².